The lowest BCUT2D eigenvalue weighted by Crippen LogP contribution is -2.15. The SMILES string of the molecule is COC(=O)c1cc(OC)ccc1NC(=O)c1oc(Br)cc1C. The van der Waals surface area contributed by atoms with E-state index in [9.17, 15) is 9.59 Å². The van der Waals surface area contributed by atoms with E-state index in [1.165, 1.54) is 20.3 Å². The van der Waals surface area contributed by atoms with E-state index in [0.717, 1.165) is 0 Å². The largest absolute Gasteiger partial charge is 0.497 e. The van der Waals surface area contributed by atoms with Crippen LogP contribution in [0.3, 0.4) is 0 Å². The minimum Gasteiger partial charge on any atom is -0.497 e. The van der Waals surface area contributed by atoms with Gasteiger partial charge in [-0.3, -0.25) is 4.79 Å². The molecule has 22 heavy (non-hydrogen) atoms. The summed E-state index contributed by atoms with van der Waals surface area (Å²) in [5, 5.41) is 2.64. The number of esters is 1. The second-order valence-electron chi connectivity index (χ2n) is 4.42. The number of rotatable bonds is 4. The predicted molar refractivity (Wildman–Crippen MR) is 83.4 cm³/mol. The molecule has 2 aromatic rings. The maximum Gasteiger partial charge on any atom is 0.340 e. The molecule has 0 bridgehead atoms. The third kappa shape index (κ3) is 3.30. The second kappa shape index (κ2) is 6.65. The maximum atomic E-state index is 12.3. The summed E-state index contributed by atoms with van der Waals surface area (Å²) < 4.78 is 15.5. The number of hydrogen-bond acceptors (Lipinski definition) is 5. The molecule has 1 N–H and O–H groups in total. The van der Waals surface area contributed by atoms with Crippen LogP contribution in [0.1, 0.15) is 26.5 Å². The molecule has 1 aromatic carbocycles. The molecular weight excluding hydrogens is 354 g/mol. The van der Waals surface area contributed by atoms with Crippen LogP contribution >= 0.6 is 15.9 Å². The van der Waals surface area contributed by atoms with Crippen LogP contribution in [-0.4, -0.2) is 26.1 Å². The van der Waals surface area contributed by atoms with E-state index in [4.69, 9.17) is 13.9 Å². The van der Waals surface area contributed by atoms with Gasteiger partial charge < -0.3 is 19.2 Å². The van der Waals surface area contributed by atoms with Crippen LogP contribution in [0.4, 0.5) is 5.69 Å². The Bertz CT molecular complexity index is 723. The van der Waals surface area contributed by atoms with E-state index in [-0.39, 0.29) is 11.3 Å². The van der Waals surface area contributed by atoms with Crippen molar-refractivity contribution < 1.29 is 23.5 Å². The third-order valence-corrected chi connectivity index (χ3v) is 3.36. The first-order chi connectivity index (χ1) is 10.5. The summed E-state index contributed by atoms with van der Waals surface area (Å²) in [5.41, 5.74) is 1.18. The highest BCUT2D eigenvalue weighted by atomic mass is 79.9. The van der Waals surface area contributed by atoms with E-state index in [0.29, 0.717) is 21.7 Å². The van der Waals surface area contributed by atoms with Gasteiger partial charge in [-0.2, -0.15) is 0 Å². The fourth-order valence-corrected chi connectivity index (χ4v) is 2.39. The van der Waals surface area contributed by atoms with Crippen LogP contribution in [0.5, 0.6) is 5.75 Å². The average molecular weight is 368 g/mol. The van der Waals surface area contributed by atoms with Crippen LogP contribution in [0.2, 0.25) is 0 Å². The van der Waals surface area contributed by atoms with Crippen molar-refractivity contribution in [2.45, 2.75) is 6.92 Å². The van der Waals surface area contributed by atoms with Gasteiger partial charge in [0.2, 0.25) is 0 Å². The number of halogens is 1. The number of carbonyl (C=O) groups excluding carboxylic acids is 2. The van der Waals surface area contributed by atoms with Gasteiger partial charge in [-0.15, -0.1) is 0 Å². The molecule has 0 aliphatic carbocycles. The Balaban J connectivity index is 2.34. The molecule has 1 aromatic heterocycles. The zero-order valence-corrected chi connectivity index (χ0v) is 13.8. The van der Waals surface area contributed by atoms with Gasteiger partial charge in [0, 0.05) is 5.56 Å². The first-order valence-electron chi connectivity index (χ1n) is 6.30. The van der Waals surface area contributed by atoms with Crippen molar-refractivity contribution in [1.29, 1.82) is 0 Å². The maximum absolute atomic E-state index is 12.3. The van der Waals surface area contributed by atoms with Crippen molar-refractivity contribution in [3.8, 4) is 5.75 Å². The summed E-state index contributed by atoms with van der Waals surface area (Å²) in [7, 11) is 2.75. The number of nitrogens with one attached hydrogen (secondary N) is 1. The summed E-state index contributed by atoms with van der Waals surface area (Å²) in [6.45, 7) is 1.75. The monoisotopic (exact) mass is 367 g/mol. The predicted octanol–water partition coefficient (Wildman–Crippen LogP) is 3.40. The second-order valence-corrected chi connectivity index (χ2v) is 5.20. The lowest BCUT2D eigenvalue weighted by Gasteiger charge is -2.10. The number of hydrogen-bond donors (Lipinski definition) is 1. The lowest BCUT2D eigenvalue weighted by atomic mass is 10.1. The Morgan fingerprint density at radius 3 is 2.50 bits per heavy atom. The molecule has 0 unspecified atom stereocenters. The van der Waals surface area contributed by atoms with Gasteiger partial charge in [-0.05, 0) is 47.1 Å². The Morgan fingerprint density at radius 1 is 1.23 bits per heavy atom. The highest BCUT2D eigenvalue weighted by molar-refractivity contribution is 9.10. The summed E-state index contributed by atoms with van der Waals surface area (Å²) in [6.07, 6.45) is 0. The summed E-state index contributed by atoms with van der Waals surface area (Å²) in [4.78, 5) is 24.1. The van der Waals surface area contributed by atoms with Crippen LogP contribution in [0.25, 0.3) is 0 Å². The number of ether oxygens (including phenoxy) is 2. The highest BCUT2D eigenvalue weighted by Gasteiger charge is 2.19. The van der Waals surface area contributed by atoms with Crippen LogP contribution in [-0.2, 0) is 4.74 Å². The zero-order valence-electron chi connectivity index (χ0n) is 12.2. The number of aryl methyl sites for hydroxylation is 1. The quantitative estimate of drug-likeness (QED) is 0.837. The Hall–Kier alpha value is -2.28. The van der Waals surface area contributed by atoms with Gasteiger partial charge in [-0.25, -0.2) is 4.79 Å². The van der Waals surface area contributed by atoms with Crippen molar-refractivity contribution in [2.24, 2.45) is 0 Å². The molecule has 0 aliphatic heterocycles. The standard InChI is InChI=1S/C15H14BrNO5/c1-8-6-12(16)22-13(8)14(18)17-11-5-4-9(20-2)7-10(11)15(19)21-3/h4-7H,1-3H3,(H,17,18). The van der Waals surface area contributed by atoms with Crippen molar-refractivity contribution in [2.75, 3.05) is 19.5 Å². The smallest absolute Gasteiger partial charge is 0.340 e. The van der Waals surface area contributed by atoms with Crippen LogP contribution in [0, 0.1) is 6.92 Å². The summed E-state index contributed by atoms with van der Waals surface area (Å²) >= 11 is 3.17. The molecule has 0 radical (unpaired) electrons. The Kier molecular flexibility index (Phi) is 4.87. The number of amides is 1. The number of benzene rings is 1. The minimum atomic E-state index is -0.577. The van der Waals surface area contributed by atoms with Crippen molar-refractivity contribution >= 4 is 33.5 Å². The highest BCUT2D eigenvalue weighted by Crippen LogP contribution is 2.25. The average Bonchev–Trinajstić information content (AvgIpc) is 2.85. The molecule has 0 spiro atoms. The van der Waals surface area contributed by atoms with E-state index >= 15 is 0 Å². The van der Waals surface area contributed by atoms with E-state index in [2.05, 4.69) is 21.2 Å². The number of carbonyl (C=O) groups is 2. The third-order valence-electron chi connectivity index (χ3n) is 2.97. The molecule has 7 heteroatoms. The van der Waals surface area contributed by atoms with Crippen molar-refractivity contribution in [3.63, 3.8) is 0 Å². The molecule has 2 rings (SSSR count). The first-order valence-corrected chi connectivity index (χ1v) is 7.09. The molecule has 0 fully saturated rings. The van der Waals surface area contributed by atoms with Crippen molar-refractivity contribution in [3.05, 3.63) is 45.8 Å². The molecule has 0 saturated heterocycles. The summed E-state index contributed by atoms with van der Waals surface area (Å²) in [6, 6.07) is 6.37. The molecule has 0 saturated carbocycles. The molecule has 0 atom stereocenters. The zero-order chi connectivity index (χ0) is 16.3. The molecule has 1 heterocycles. The molecule has 116 valence electrons. The summed E-state index contributed by atoms with van der Waals surface area (Å²) in [5.74, 6) is -0.390. The Labute approximate surface area is 135 Å². The van der Waals surface area contributed by atoms with Crippen LogP contribution < -0.4 is 10.1 Å². The molecule has 1 amide bonds. The number of methoxy groups -OCH3 is 2. The van der Waals surface area contributed by atoms with E-state index < -0.39 is 11.9 Å². The fraction of sp³-hybridized carbons (Fsp3) is 0.200. The van der Waals surface area contributed by atoms with Gasteiger partial charge in [0.15, 0.2) is 10.4 Å². The van der Waals surface area contributed by atoms with Crippen molar-refractivity contribution in [1.82, 2.24) is 0 Å². The number of furan rings is 1. The lowest BCUT2D eigenvalue weighted by molar-refractivity contribution is 0.0601. The number of anilines is 1. The van der Waals surface area contributed by atoms with Gasteiger partial charge in [0.05, 0.1) is 25.5 Å². The van der Waals surface area contributed by atoms with Gasteiger partial charge in [0.25, 0.3) is 5.91 Å². The first kappa shape index (κ1) is 16.1. The van der Waals surface area contributed by atoms with Gasteiger partial charge in [0.1, 0.15) is 5.75 Å². The minimum absolute atomic E-state index is 0.165. The Morgan fingerprint density at radius 2 is 1.95 bits per heavy atom. The van der Waals surface area contributed by atoms with Gasteiger partial charge >= 0.3 is 5.97 Å². The molecular formula is C15H14BrNO5. The normalized spacial score (nSPS) is 10.2. The topological polar surface area (TPSA) is 77.8 Å². The fourth-order valence-electron chi connectivity index (χ4n) is 1.89. The van der Waals surface area contributed by atoms with Gasteiger partial charge in [-0.1, -0.05) is 0 Å². The molecule has 0 aliphatic rings. The van der Waals surface area contributed by atoms with E-state index in [1.807, 2.05) is 0 Å². The van der Waals surface area contributed by atoms with E-state index in [1.54, 1.807) is 25.1 Å². The molecule has 6 nitrogen and oxygen atoms in total. The van der Waals surface area contributed by atoms with Crippen LogP contribution in [0.15, 0.2) is 33.4 Å².